The second-order valence-electron chi connectivity index (χ2n) is 5.01. The van der Waals surface area contributed by atoms with Gasteiger partial charge in [0.2, 0.25) is 0 Å². The van der Waals surface area contributed by atoms with Crippen molar-refractivity contribution >= 4 is 10.9 Å². The molecular weight excluding hydrogens is 236 g/mol. The first kappa shape index (κ1) is 11.9. The Bertz CT molecular complexity index is 728. The third kappa shape index (κ3) is 1.91. The number of aryl methyl sites for hydroxylation is 1. The lowest BCUT2D eigenvalue weighted by Gasteiger charge is -2.08. The van der Waals surface area contributed by atoms with Crippen molar-refractivity contribution in [3.63, 3.8) is 0 Å². The van der Waals surface area contributed by atoms with Crippen molar-refractivity contribution in [2.75, 3.05) is 0 Å². The van der Waals surface area contributed by atoms with Gasteiger partial charge in [-0.3, -0.25) is 0 Å². The number of aromatic nitrogens is 2. The fourth-order valence-corrected chi connectivity index (χ4v) is 2.30. The monoisotopic (exact) mass is 251 g/mol. The van der Waals surface area contributed by atoms with Gasteiger partial charge in [0.15, 0.2) is 0 Å². The minimum Gasteiger partial charge on any atom is -0.364 e. The first-order chi connectivity index (χ1) is 9.18. The van der Waals surface area contributed by atoms with Gasteiger partial charge in [-0.15, -0.1) is 0 Å². The van der Waals surface area contributed by atoms with Crippen molar-refractivity contribution in [2.24, 2.45) is 0 Å². The lowest BCUT2D eigenvalue weighted by atomic mass is 9.96. The van der Waals surface area contributed by atoms with Gasteiger partial charge in [-0.1, -0.05) is 37.2 Å². The molecule has 0 saturated heterocycles. The van der Waals surface area contributed by atoms with Crippen LogP contribution in [0.25, 0.3) is 22.2 Å². The van der Waals surface area contributed by atoms with Crippen LogP contribution < -0.4 is 0 Å². The second-order valence-corrected chi connectivity index (χ2v) is 5.01. The van der Waals surface area contributed by atoms with Crippen LogP contribution in [-0.4, -0.2) is 10.1 Å². The molecule has 3 rings (SSSR count). The van der Waals surface area contributed by atoms with E-state index >= 15 is 0 Å². The van der Waals surface area contributed by atoms with Gasteiger partial charge in [0, 0.05) is 16.5 Å². The number of para-hydroxylation sites is 1. The topological polar surface area (TPSA) is 38.9 Å². The molecule has 0 bridgehead atoms. The summed E-state index contributed by atoms with van der Waals surface area (Å²) in [4.78, 5) is 4.39. The number of rotatable bonds is 2. The maximum atomic E-state index is 5.13. The molecule has 0 aliphatic heterocycles. The highest BCUT2D eigenvalue weighted by Gasteiger charge is 2.17. The Balaban J connectivity index is 2.26. The zero-order valence-corrected chi connectivity index (χ0v) is 11.3. The molecule has 0 spiro atoms. The molecule has 19 heavy (non-hydrogen) atoms. The Labute approximate surface area is 112 Å². The van der Waals surface area contributed by atoms with Gasteiger partial charge in [0.05, 0.1) is 11.7 Å². The highest BCUT2D eigenvalue weighted by atomic mass is 16.5. The third-order valence-electron chi connectivity index (χ3n) is 3.43. The quantitative estimate of drug-likeness (QED) is 0.687. The van der Waals surface area contributed by atoms with Crippen molar-refractivity contribution in [1.82, 2.24) is 10.1 Å². The van der Waals surface area contributed by atoms with Crippen LogP contribution in [0.2, 0.25) is 0 Å². The van der Waals surface area contributed by atoms with Crippen molar-refractivity contribution in [2.45, 2.75) is 26.7 Å². The van der Waals surface area contributed by atoms with Crippen LogP contribution in [-0.2, 0) is 0 Å². The summed E-state index contributed by atoms with van der Waals surface area (Å²) >= 11 is 0. The predicted octanol–water partition coefficient (Wildman–Crippen LogP) is 4.12. The highest BCUT2D eigenvalue weighted by Crippen LogP contribution is 2.32. The van der Waals surface area contributed by atoms with Crippen LogP contribution in [0.4, 0.5) is 0 Å². The molecule has 1 aromatic carbocycles. The molecule has 0 amide bonds. The van der Waals surface area contributed by atoms with Crippen LogP contribution in [0.3, 0.4) is 0 Å². The van der Waals surface area contributed by atoms with Crippen LogP contribution in [0.1, 0.15) is 30.9 Å². The highest BCUT2D eigenvalue weighted by molar-refractivity contribution is 5.87. The SMILES string of the molecule is Cc1c(-c2nocc2C(C)C)[c]nc2ccccc12. The summed E-state index contributed by atoms with van der Waals surface area (Å²) in [6, 6.07) is 8.07. The molecule has 95 valence electrons. The largest absolute Gasteiger partial charge is 0.364 e. The van der Waals surface area contributed by atoms with Crippen LogP contribution >= 0.6 is 0 Å². The van der Waals surface area contributed by atoms with E-state index in [-0.39, 0.29) is 0 Å². The predicted molar refractivity (Wildman–Crippen MR) is 74.9 cm³/mol. The number of hydrogen-bond acceptors (Lipinski definition) is 3. The third-order valence-corrected chi connectivity index (χ3v) is 3.43. The van der Waals surface area contributed by atoms with Gasteiger partial charge >= 0.3 is 0 Å². The molecule has 0 aliphatic carbocycles. The summed E-state index contributed by atoms with van der Waals surface area (Å²) < 4.78 is 5.13. The Kier molecular flexibility index (Phi) is 2.82. The number of pyridine rings is 1. The maximum Gasteiger partial charge on any atom is 0.127 e. The smallest absolute Gasteiger partial charge is 0.127 e. The molecule has 2 aromatic heterocycles. The normalized spacial score (nSPS) is 11.4. The average molecular weight is 251 g/mol. The summed E-state index contributed by atoms with van der Waals surface area (Å²) in [5, 5.41) is 5.26. The van der Waals surface area contributed by atoms with Gasteiger partial charge < -0.3 is 4.52 Å². The van der Waals surface area contributed by atoms with Gasteiger partial charge in [0.25, 0.3) is 0 Å². The van der Waals surface area contributed by atoms with Gasteiger partial charge in [-0.2, -0.15) is 0 Å². The molecule has 3 heteroatoms. The Morgan fingerprint density at radius 3 is 2.79 bits per heavy atom. The maximum absolute atomic E-state index is 5.13. The van der Waals surface area contributed by atoms with Crippen molar-refractivity contribution in [3.05, 3.63) is 47.9 Å². The molecule has 0 saturated carbocycles. The van der Waals surface area contributed by atoms with E-state index in [0.717, 1.165) is 33.3 Å². The van der Waals surface area contributed by atoms with Crippen molar-refractivity contribution in [1.29, 1.82) is 0 Å². The molecule has 2 heterocycles. The zero-order valence-electron chi connectivity index (χ0n) is 11.3. The Hall–Kier alpha value is -2.16. The second kappa shape index (κ2) is 4.50. The summed E-state index contributed by atoms with van der Waals surface area (Å²) in [7, 11) is 0. The molecular formula is C16H15N2O. The fraction of sp³-hybridized carbons (Fsp3) is 0.250. The number of benzene rings is 1. The molecule has 0 fully saturated rings. The lowest BCUT2D eigenvalue weighted by molar-refractivity contribution is 0.420. The molecule has 0 N–H and O–H groups in total. The Morgan fingerprint density at radius 2 is 2.00 bits per heavy atom. The summed E-state index contributed by atoms with van der Waals surface area (Å²) in [5.41, 5.74) is 4.97. The molecule has 0 unspecified atom stereocenters. The van der Waals surface area contributed by atoms with Gasteiger partial charge in [-0.25, -0.2) is 4.98 Å². The van der Waals surface area contributed by atoms with E-state index in [1.165, 1.54) is 0 Å². The molecule has 1 radical (unpaired) electrons. The number of hydrogen-bond donors (Lipinski definition) is 0. The van der Waals surface area contributed by atoms with E-state index in [9.17, 15) is 0 Å². The molecule has 0 atom stereocenters. The van der Waals surface area contributed by atoms with E-state index < -0.39 is 0 Å². The lowest BCUT2D eigenvalue weighted by Crippen LogP contribution is -1.94. The molecule has 0 aliphatic rings. The van der Waals surface area contributed by atoms with E-state index in [1.807, 2.05) is 18.2 Å². The first-order valence-electron chi connectivity index (χ1n) is 6.40. The standard InChI is InChI=1S/C16H15N2O/c1-10(2)14-9-19-18-16(14)13-8-17-15-7-5-4-6-12(15)11(13)3/h4-7,9-10H,1-3H3. The minimum absolute atomic E-state index is 0.362. The number of nitrogens with zero attached hydrogens (tertiary/aromatic N) is 2. The minimum atomic E-state index is 0.362. The van der Waals surface area contributed by atoms with Gasteiger partial charge in [-0.05, 0) is 24.5 Å². The van der Waals surface area contributed by atoms with Crippen LogP contribution in [0.5, 0.6) is 0 Å². The van der Waals surface area contributed by atoms with E-state index in [4.69, 9.17) is 4.52 Å². The van der Waals surface area contributed by atoms with Crippen LogP contribution in [0.15, 0.2) is 35.1 Å². The summed E-state index contributed by atoms with van der Waals surface area (Å²) in [6.07, 6.45) is 4.82. The van der Waals surface area contributed by atoms with E-state index in [0.29, 0.717) is 5.92 Å². The molecule has 3 aromatic rings. The number of fused-ring (bicyclic) bond motifs is 1. The summed E-state index contributed by atoms with van der Waals surface area (Å²) in [6.45, 7) is 6.33. The molecule has 3 nitrogen and oxygen atoms in total. The van der Waals surface area contributed by atoms with Gasteiger partial charge in [0.1, 0.15) is 12.0 Å². The van der Waals surface area contributed by atoms with E-state index in [2.05, 4.69) is 43.2 Å². The first-order valence-corrected chi connectivity index (χ1v) is 6.40. The van der Waals surface area contributed by atoms with Crippen molar-refractivity contribution < 1.29 is 4.52 Å². The Morgan fingerprint density at radius 1 is 1.21 bits per heavy atom. The van der Waals surface area contributed by atoms with E-state index in [1.54, 1.807) is 6.26 Å². The van der Waals surface area contributed by atoms with Crippen molar-refractivity contribution in [3.8, 4) is 11.3 Å². The van der Waals surface area contributed by atoms with Crippen LogP contribution in [0, 0.1) is 13.1 Å². The zero-order chi connectivity index (χ0) is 13.4. The summed E-state index contributed by atoms with van der Waals surface area (Å²) in [5.74, 6) is 0.362. The fourth-order valence-electron chi connectivity index (χ4n) is 2.30. The average Bonchev–Trinajstić information content (AvgIpc) is 2.89.